The zero-order valence-electron chi connectivity index (χ0n) is 57.9. The number of fused-ring (bicyclic) bond motifs is 1. The van der Waals surface area contributed by atoms with E-state index in [4.69, 9.17) is 66.3 Å². The van der Waals surface area contributed by atoms with E-state index < -0.39 is 262 Å². The summed E-state index contributed by atoms with van der Waals surface area (Å²) in [5, 5.41) is 243. The molecule has 0 saturated carbocycles. The number of phenols is 5. The third-order valence-corrected chi connectivity index (χ3v) is 18.4. The quantitative estimate of drug-likeness (QED) is 0.0127. The number of benzene rings is 4. The molecule has 0 aromatic heterocycles. The number of hydrogen-bond donors (Lipinski definition) is 23. The van der Waals surface area contributed by atoms with E-state index in [-0.39, 0.29) is 39.5 Å². The molecule has 0 radical (unpaired) electrons. The predicted octanol–water partition coefficient (Wildman–Crippen LogP) is -5.49. The molecule has 6 heterocycles. The van der Waals surface area contributed by atoms with Crippen LogP contribution in [0.25, 0.3) is 24.0 Å². The lowest BCUT2D eigenvalue weighted by Gasteiger charge is -2.41. The molecule has 608 valence electrons. The molecule has 1 unspecified atom stereocenters. The lowest BCUT2D eigenvalue weighted by Crippen LogP contribution is -2.60. The first-order chi connectivity index (χ1) is 53.3. The summed E-state index contributed by atoms with van der Waals surface area (Å²) in [4.78, 5) is 38.5. The number of rotatable bonds is 25. The minimum absolute atomic E-state index is 0.115. The summed E-state index contributed by atoms with van der Waals surface area (Å²) in [7, 11) is 0. The molecule has 4 aromatic carbocycles. The molecule has 40 nitrogen and oxygen atoms in total. The summed E-state index contributed by atoms with van der Waals surface area (Å²) in [5.41, 5.74) is 0.296. The molecule has 112 heavy (non-hydrogen) atoms. The maximum atomic E-state index is 13.1. The largest absolute Gasteiger partial charge is 0.507 e. The van der Waals surface area contributed by atoms with Crippen LogP contribution in [0.4, 0.5) is 0 Å². The second-order valence-electron chi connectivity index (χ2n) is 26.2. The molecule has 6 aliphatic heterocycles. The van der Waals surface area contributed by atoms with Crippen molar-refractivity contribution in [1.29, 1.82) is 0 Å². The average Bonchev–Trinajstić information content (AvgIpc) is 0.764. The lowest BCUT2D eigenvalue weighted by atomic mass is 9.97. The predicted molar refractivity (Wildman–Crippen MR) is 364 cm³/mol. The Labute approximate surface area is 631 Å². The van der Waals surface area contributed by atoms with Crippen molar-refractivity contribution in [2.75, 3.05) is 33.0 Å². The van der Waals surface area contributed by atoms with E-state index in [1.54, 1.807) is 0 Å². The van der Waals surface area contributed by atoms with Crippen molar-refractivity contribution in [1.82, 2.24) is 0 Å². The fourth-order valence-corrected chi connectivity index (χ4v) is 12.1. The van der Waals surface area contributed by atoms with E-state index >= 15 is 0 Å². The molecule has 26 atom stereocenters. The van der Waals surface area contributed by atoms with Gasteiger partial charge < -0.3 is 184 Å². The Morgan fingerprint density at radius 3 is 1.15 bits per heavy atom. The van der Waals surface area contributed by atoms with Crippen molar-refractivity contribution >= 4 is 41.9 Å². The maximum Gasteiger partial charge on any atom is 0.330 e. The van der Waals surface area contributed by atoms with Crippen molar-refractivity contribution in [2.24, 2.45) is 0 Å². The molecule has 4 aromatic rings. The van der Waals surface area contributed by atoms with Crippen molar-refractivity contribution in [3.05, 3.63) is 154 Å². The average molecular weight is 1590 g/mol. The number of phenolic OH excluding ortho intramolecular Hbond substituents is 5. The van der Waals surface area contributed by atoms with Crippen molar-refractivity contribution in [2.45, 2.75) is 160 Å². The highest BCUT2D eigenvalue weighted by atomic mass is 16.7. The second kappa shape index (κ2) is 36.0. The molecule has 7 aliphatic rings. The lowest BCUT2D eigenvalue weighted by molar-refractivity contribution is -0.305. The highest BCUT2D eigenvalue weighted by molar-refractivity contribution is 5.88. The van der Waals surface area contributed by atoms with Gasteiger partial charge in [0, 0.05) is 23.8 Å². The molecular formula is C72H80O40. The van der Waals surface area contributed by atoms with Crippen LogP contribution in [0.3, 0.4) is 0 Å². The summed E-state index contributed by atoms with van der Waals surface area (Å²) in [6.07, 6.45) is -37.2. The normalized spacial score (nSPS) is 34.2. The van der Waals surface area contributed by atoms with Gasteiger partial charge >= 0.3 is 17.9 Å². The fourth-order valence-electron chi connectivity index (χ4n) is 12.1. The number of hydrogen-bond acceptors (Lipinski definition) is 40. The van der Waals surface area contributed by atoms with Crippen LogP contribution in [0.1, 0.15) is 22.3 Å². The highest BCUT2D eigenvalue weighted by Crippen LogP contribution is 2.44. The standard InChI is InChI=1S/C72H80O40/c73-22-44-52(84)57(89)63(95)69(108-44)104-39-10-2-28(16-37(39)79)5-13-50(82)100-25-47-55(87)60(92)65(97)70(111-47)105-40-11-3-29(17-38(40)80)6-14-51(83)101-26-48-56(88)61(93)66(98)71(112-48)106-42-18-30(7-9-34(42)76)67-43(107-72-64(96)58(90)53(85)45(23-74)109-72)21-32-35(77)19-31(20-41(32)103-67)102-68-62(94)59(91)54(86)46(110-68)24-99-49(81)12-4-27-1-8-33(75)36(78)15-27/h1-21,31,44-48,52-66,68-80,84-98H,22-26H2/b12-4?,13-5+,14-6+/t31?,44-,45-,46-,47-,48-,52-,53-,54-,55-,56-,57+,58+,59+,60+,61+,62-,63-,64-,65-,66-,68-,69-,70-,71-,72-/m1/s1. The fraction of sp³-hybridized carbons (Fsp3) is 0.431. The molecular weight excluding hydrogens is 1500 g/mol. The molecule has 40 heteroatoms. The number of aromatic hydroxyl groups is 5. The monoisotopic (exact) mass is 1580 g/mol. The van der Waals surface area contributed by atoms with E-state index in [2.05, 4.69) is 0 Å². The van der Waals surface area contributed by atoms with E-state index in [9.17, 15) is 132 Å². The molecule has 1 aliphatic carbocycles. The Balaban J connectivity index is 0.708. The number of aliphatic hydroxyl groups excluding tert-OH is 18. The van der Waals surface area contributed by atoms with Gasteiger partial charge in [0.2, 0.25) is 25.2 Å². The first-order valence-electron chi connectivity index (χ1n) is 34.1. The second-order valence-corrected chi connectivity index (χ2v) is 26.2. The zero-order valence-corrected chi connectivity index (χ0v) is 57.9. The van der Waals surface area contributed by atoms with E-state index in [1.807, 2.05) is 0 Å². The van der Waals surface area contributed by atoms with Gasteiger partial charge in [-0.2, -0.15) is 0 Å². The highest BCUT2D eigenvalue weighted by Gasteiger charge is 2.51. The molecule has 0 bridgehead atoms. The van der Waals surface area contributed by atoms with Gasteiger partial charge in [-0.05, 0) is 108 Å². The Morgan fingerprint density at radius 2 is 0.732 bits per heavy atom. The molecule has 5 saturated heterocycles. The minimum atomic E-state index is -2.10. The molecule has 0 amide bonds. The van der Waals surface area contributed by atoms with Crippen molar-refractivity contribution in [3.63, 3.8) is 0 Å². The number of carbonyl (C=O) groups excluding carboxylic acids is 3. The van der Waals surface area contributed by atoms with E-state index in [0.717, 1.165) is 72.9 Å². The van der Waals surface area contributed by atoms with Crippen LogP contribution in [0.2, 0.25) is 0 Å². The zero-order chi connectivity index (χ0) is 80.8. The van der Waals surface area contributed by atoms with Gasteiger partial charge in [-0.1, -0.05) is 18.2 Å². The molecule has 23 N–H and O–H groups in total. The number of ether oxygens (including phenoxy) is 14. The third kappa shape index (κ3) is 19.0. The first-order valence-corrected chi connectivity index (χ1v) is 34.1. The van der Waals surface area contributed by atoms with Crippen LogP contribution in [0.5, 0.6) is 46.0 Å². The number of esters is 3. The third-order valence-electron chi connectivity index (χ3n) is 18.4. The SMILES string of the molecule is O=C(C=Cc1ccc(O)c(O)c1)OC[C@H]1O[C@@H](OC2C=C(O)C3=CC(O[C@@H]4O[C@H](CO)[C@@H](O)[C@H](O)[C@H]4O)=C(c4ccc(O)c(O[C@@H]5O[C@H](COC(=O)/C=C/c6ccc(O[C@@H]7O[C@H](COC(=O)/C=C/c8ccc(O[C@@H]9O[C@H](CO)[C@@H](O)[C@H](O)[C@H]9O)c(O)c8)[C@@H](O)[C@H](O)[C@H]7O)c(O)c6)[C@@H](O)[C@H](O)[C@H]5O)c4)OC3=C2)[C@H](O)[C@@H](O)[C@@H]1O. The van der Waals surface area contributed by atoms with Crippen molar-refractivity contribution in [3.8, 4) is 46.0 Å². The number of carbonyl (C=O) groups is 3. The topological polar surface area (TPSA) is 646 Å². The Kier molecular flexibility index (Phi) is 26.8. The van der Waals surface area contributed by atoms with Gasteiger partial charge in [-0.25, -0.2) is 14.4 Å². The van der Waals surface area contributed by atoms with Crippen LogP contribution < -0.4 is 14.2 Å². The number of aliphatic hydroxyl groups is 18. The van der Waals surface area contributed by atoms with E-state index in [0.29, 0.717) is 5.56 Å². The van der Waals surface area contributed by atoms with Gasteiger partial charge in [-0.15, -0.1) is 0 Å². The van der Waals surface area contributed by atoms with Gasteiger partial charge in [0.05, 0.1) is 18.8 Å². The molecule has 5 fully saturated rings. The Hall–Kier alpha value is -9.65. The minimum Gasteiger partial charge on any atom is -0.507 e. The van der Waals surface area contributed by atoms with Crippen molar-refractivity contribution < 1.29 is 198 Å². The van der Waals surface area contributed by atoms with Crippen LogP contribution in [0, 0.1) is 0 Å². The maximum absolute atomic E-state index is 13.1. The summed E-state index contributed by atoms with van der Waals surface area (Å²) in [6.45, 7) is -3.89. The van der Waals surface area contributed by atoms with Crippen LogP contribution in [-0.4, -0.2) is 328 Å². The molecule has 11 rings (SSSR count). The Bertz CT molecular complexity index is 4230. The van der Waals surface area contributed by atoms with Gasteiger partial charge in [0.25, 0.3) is 0 Å². The van der Waals surface area contributed by atoms with Gasteiger partial charge in [0.15, 0.2) is 63.8 Å². The van der Waals surface area contributed by atoms with Gasteiger partial charge in [0.1, 0.15) is 160 Å². The van der Waals surface area contributed by atoms with E-state index in [1.165, 1.54) is 54.6 Å². The number of allylic oxidation sites excluding steroid dienone is 1. The van der Waals surface area contributed by atoms with Crippen LogP contribution >= 0.6 is 0 Å². The first kappa shape index (κ1) is 83.3. The van der Waals surface area contributed by atoms with Gasteiger partial charge in [-0.3, -0.25) is 0 Å². The summed E-state index contributed by atoms with van der Waals surface area (Å²) >= 11 is 0. The summed E-state index contributed by atoms with van der Waals surface area (Å²) in [5.74, 6) is -8.69. The summed E-state index contributed by atoms with van der Waals surface area (Å²) in [6, 6.07) is 14.2. The Morgan fingerprint density at radius 1 is 0.366 bits per heavy atom. The molecule has 0 spiro atoms. The summed E-state index contributed by atoms with van der Waals surface area (Å²) < 4.78 is 78.8. The van der Waals surface area contributed by atoms with Crippen LogP contribution in [-0.2, 0) is 66.5 Å². The van der Waals surface area contributed by atoms with Crippen LogP contribution in [0.15, 0.2) is 132 Å². The smallest absolute Gasteiger partial charge is 0.330 e.